The minimum absolute atomic E-state index is 1.10. The summed E-state index contributed by atoms with van der Waals surface area (Å²) < 4.78 is 0. The quantitative estimate of drug-likeness (QED) is 0.552. The summed E-state index contributed by atoms with van der Waals surface area (Å²) in [4.78, 5) is 5.58. The molecule has 2 heteroatoms. The van der Waals surface area contributed by atoms with Crippen molar-refractivity contribution >= 4 is 33.8 Å². The average Bonchev–Trinajstić information content (AvgIpc) is 3.11. The Morgan fingerprint density at radius 1 is 0.800 bits per heavy atom. The van der Waals surface area contributed by atoms with Gasteiger partial charge in [0.1, 0.15) is 0 Å². The van der Waals surface area contributed by atoms with Crippen LogP contribution in [-0.4, -0.2) is 0 Å². The molecule has 0 nitrogen and oxygen atoms in total. The molecule has 0 saturated heterocycles. The zero-order valence-corrected chi connectivity index (χ0v) is 14.3. The van der Waals surface area contributed by atoms with Gasteiger partial charge in [-0.25, -0.2) is 0 Å². The van der Waals surface area contributed by atoms with Crippen LogP contribution in [-0.2, 0) is 0 Å². The van der Waals surface area contributed by atoms with Gasteiger partial charge in [0.25, 0.3) is 0 Å². The van der Waals surface area contributed by atoms with Gasteiger partial charge in [0.15, 0.2) is 0 Å². The Balaban J connectivity index is 2.30. The zero-order chi connectivity index (χ0) is 14.5. The van der Waals surface area contributed by atoms with Crippen molar-refractivity contribution in [1.82, 2.24) is 0 Å². The Kier molecular flexibility index (Phi) is 5.38. The van der Waals surface area contributed by atoms with Gasteiger partial charge in [0, 0.05) is 19.5 Å². The Hall–Kier alpha value is -1.12. The Morgan fingerprint density at radius 2 is 1.20 bits per heavy atom. The van der Waals surface area contributed by atoms with Crippen LogP contribution in [0.2, 0.25) is 0 Å². The number of allylic oxidation sites excluding steroid dienone is 4. The highest BCUT2D eigenvalue weighted by atomic mass is 32.1. The van der Waals surface area contributed by atoms with Crippen molar-refractivity contribution in [3.63, 3.8) is 0 Å². The maximum Gasteiger partial charge on any atom is 0.0449 e. The van der Waals surface area contributed by atoms with Crippen LogP contribution in [0.1, 0.15) is 50.3 Å². The largest absolute Gasteiger partial charge is 0.135 e. The fraction of sp³-hybridized carbons (Fsp3) is 0.333. The van der Waals surface area contributed by atoms with Gasteiger partial charge in [-0.1, -0.05) is 26.0 Å². The summed E-state index contributed by atoms with van der Waals surface area (Å²) in [6, 6.07) is 9.04. The zero-order valence-electron chi connectivity index (χ0n) is 12.7. The standard InChI is InChI=1S/C18H22S2/c1-5-13(6-2)15-9-11-17(19-15)18-12-10-16(20-18)14(7-3)8-4/h5,7,9-12H,6,8H2,1-4H3/b13-5-,14-7-. The minimum atomic E-state index is 1.10. The smallest absolute Gasteiger partial charge is 0.0449 e. The summed E-state index contributed by atoms with van der Waals surface area (Å²) in [5, 5.41) is 0. The van der Waals surface area contributed by atoms with Crippen LogP contribution in [0.25, 0.3) is 20.9 Å². The fourth-order valence-electron chi connectivity index (χ4n) is 2.33. The van der Waals surface area contributed by atoms with Crippen LogP contribution >= 0.6 is 22.7 Å². The van der Waals surface area contributed by atoms with Crippen molar-refractivity contribution in [2.45, 2.75) is 40.5 Å². The molecule has 2 heterocycles. The first-order valence-electron chi connectivity index (χ1n) is 7.24. The van der Waals surface area contributed by atoms with Crippen molar-refractivity contribution in [2.24, 2.45) is 0 Å². The summed E-state index contributed by atoms with van der Waals surface area (Å²) in [7, 11) is 0. The van der Waals surface area contributed by atoms with Crippen LogP contribution in [0.5, 0.6) is 0 Å². The molecule has 0 spiro atoms. The molecule has 0 N–H and O–H groups in total. The van der Waals surface area contributed by atoms with E-state index in [4.69, 9.17) is 0 Å². The number of rotatable bonds is 5. The number of hydrogen-bond acceptors (Lipinski definition) is 2. The van der Waals surface area contributed by atoms with E-state index >= 15 is 0 Å². The molecule has 20 heavy (non-hydrogen) atoms. The number of hydrogen-bond donors (Lipinski definition) is 0. The van der Waals surface area contributed by atoms with Crippen molar-refractivity contribution in [3.8, 4) is 9.75 Å². The van der Waals surface area contributed by atoms with E-state index in [1.807, 2.05) is 22.7 Å². The second-order valence-corrected chi connectivity index (χ2v) is 6.83. The highest BCUT2D eigenvalue weighted by Crippen LogP contribution is 2.38. The predicted octanol–water partition coefficient (Wildman–Crippen LogP) is 7.10. The molecule has 0 aliphatic rings. The molecule has 0 radical (unpaired) electrons. The normalized spacial score (nSPS) is 13.0. The third kappa shape index (κ3) is 3.13. The predicted molar refractivity (Wildman–Crippen MR) is 95.5 cm³/mol. The summed E-state index contributed by atoms with van der Waals surface area (Å²) >= 11 is 3.81. The molecule has 0 amide bonds. The molecule has 106 valence electrons. The van der Waals surface area contributed by atoms with Crippen molar-refractivity contribution in [3.05, 3.63) is 46.2 Å². The first-order valence-corrected chi connectivity index (χ1v) is 8.87. The lowest BCUT2D eigenvalue weighted by Gasteiger charge is -1.99. The molecular weight excluding hydrogens is 280 g/mol. The van der Waals surface area contributed by atoms with Gasteiger partial charge in [-0.05, 0) is 62.1 Å². The SMILES string of the molecule is C/C=C(/CC)c1ccc(-c2ccc(/C(=C\C)CC)s2)s1. The van der Waals surface area contributed by atoms with Gasteiger partial charge in [0.05, 0.1) is 0 Å². The molecule has 2 aromatic heterocycles. The van der Waals surface area contributed by atoms with Gasteiger partial charge in [0.2, 0.25) is 0 Å². The van der Waals surface area contributed by atoms with Crippen LogP contribution in [0.15, 0.2) is 36.4 Å². The lowest BCUT2D eigenvalue weighted by Crippen LogP contribution is -1.73. The van der Waals surface area contributed by atoms with E-state index in [0.29, 0.717) is 0 Å². The van der Waals surface area contributed by atoms with Crippen molar-refractivity contribution in [1.29, 1.82) is 0 Å². The lowest BCUT2D eigenvalue weighted by molar-refractivity contribution is 1.25. The summed E-state index contributed by atoms with van der Waals surface area (Å²) in [5.41, 5.74) is 2.89. The van der Waals surface area contributed by atoms with Crippen LogP contribution < -0.4 is 0 Å². The maximum absolute atomic E-state index is 2.26. The van der Waals surface area contributed by atoms with Gasteiger partial charge in [-0.3, -0.25) is 0 Å². The monoisotopic (exact) mass is 302 g/mol. The van der Waals surface area contributed by atoms with Crippen LogP contribution in [0.4, 0.5) is 0 Å². The molecule has 0 aromatic carbocycles. The molecule has 0 atom stereocenters. The Morgan fingerprint density at radius 3 is 1.50 bits per heavy atom. The number of thiophene rings is 2. The van der Waals surface area contributed by atoms with E-state index in [-0.39, 0.29) is 0 Å². The Bertz CT molecular complexity index is 567. The van der Waals surface area contributed by atoms with E-state index in [0.717, 1.165) is 12.8 Å². The van der Waals surface area contributed by atoms with Crippen LogP contribution in [0, 0.1) is 0 Å². The first-order chi connectivity index (χ1) is 9.73. The van der Waals surface area contributed by atoms with E-state index < -0.39 is 0 Å². The molecule has 0 aliphatic carbocycles. The average molecular weight is 303 g/mol. The Labute approximate surface area is 130 Å². The summed E-state index contributed by atoms with van der Waals surface area (Å²) in [6.45, 7) is 8.69. The highest BCUT2D eigenvalue weighted by molar-refractivity contribution is 7.23. The van der Waals surface area contributed by atoms with Gasteiger partial charge >= 0.3 is 0 Å². The molecule has 2 rings (SSSR count). The van der Waals surface area contributed by atoms with Gasteiger partial charge < -0.3 is 0 Å². The third-order valence-corrected chi connectivity index (χ3v) is 6.06. The molecule has 0 bridgehead atoms. The van der Waals surface area contributed by atoms with E-state index in [1.165, 1.54) is 30.7 Å². The molecule has 0 saturated carbocycles. The van der Waals surface area contributed by atoms with E-state index in [1.54, 1.807) is 0 Å². The highest BCUT2D eigenvalue weighted by Gasteiger charge is 2.09. The second-order valence-electron chi connectivity index (χ2n) is 4.66. The molecule has 0 fully saturated rings. The summed E-state index contributed by atoms with van der Waals surface area (Å²) in [6.07, 6.45) is 6.66. The van der Waals surface area contributed by atoms with Gasteiger partial charge in [-0.15, -0.1) is 22.7 Å². The molecule has 2 aromatic rings. The van der Waals surface area contributed by atoms with E-state index in [9.17, 15) is 0 Å². The minimum Gasteiger partial charge on any atom is -0.135 e. The second kappa shape index (κ2) is 7.05. The molecule has 0 unspecified atom stereocenters. The lowest BCUT2D eigenvalue weighted by atomic mass is 10.1. The van der Waals surface area contributed by atoms with Crippen molar-refractivity contribution in [2.75, 3.05) is 0 Å². The van der Waals surface area contributed by atoms with Crippen LogP contribution in [0.3, 0.4) is 0 Å². The first kappa shape index (κ1) is 15.3. The van der Waals surface area contributed by atoms with E-state index in [2.05, 4.69) is 64.1 Å². The molecular formula is C18H22S2. The topological polar surface area (TPSA) is 0 Å². The molecule has 0 aliphatic heterocycles. The summed E-state index contributed by atoms with van der Waals surface area (Å²) in [5.74, 6) is 0. The maximum atomic E-state index is 2.26. The van der Waals surface area contributed by atoms with Gasteiger partial charge in [-0.2, -0.15) is 0 Å². The fourth-order valence-corrected chi connectivity index (χ4v) is 4.72. The van der Waals surface area contributed by atoms with Crippen molar-refractivity contribution < 1.29 is 0 Å². The third-order valence-electron chi connectivity index (χ3n) is 3.55.